The molecule has 1 aliphatic carbocycles. The maximum absolute atomic E-state index is 11.5. The van der Waals surface area contributed by atoms with Gasteiger partial charge in [0.25, 0.3) is 0 Å². The van der Waals surface area contributed by atoms with Gasteiger partial charge in [-0.2, -0.15) is 0 Å². The topological polar surface area (TPSA) is 207 Å². The number of esters is 3. The molecule has 2 atom stereocenters. The summed E-state index contributed by atoms with van der Waals surface area (Å²) in [6.45, 7) is 72.6. The van der Waals surface area contributed by atoms with Crippen LogP contribution in [0.3, 0.4) is 0 Å². The van der Waals surface area contributed by atoms with Crippen LogP contribution in [0.1, 0.15) is 309 Å². The van der Waals surface area contributed by atoms with E-state index in [-0.39, 0.29) is 99.8 Å². The Morgan fingerprint density at radius 1 is 0.357 bits per heavy atom. The summed E-state index contributed by atoms with van der Waals surface area (Å²) in [7, 11) is 3.26. The van der Waals surface area contributed by atoms with Crippen LogP contribution in [-0.2, 0) is 42.9 Å². The third kappa shape index (κ3) is 19.7. The highest BCUT2D eigenvalue weighted by molar-refractivity contribution is 5.87. The molecule has 1 spiro atoms. The minimum absolute atomic E-state index is 0.0402. The second kappa shape index (κ2) is 27.8. The number of carbonyl (C=O) groups is 4. The molecular weight excluding hydrogens is 1230 g/mol. The van der Waals surface area contributed by atoms with Crippen LogP contribution >= 0.6 is 0 Å². The summed E-state index contributed by atoms with van der Waals surface area (Å²) in [4.78, 5) is 45.0. The van der Waals surface area contributed by atoms with E-state index in [4.69, 9.17) is 14.6 Å². The third-order valence-corrected chi connectivity index (χ3v) is 25.9. The lowest BCUT2D eigenvalue weighted by atomic mass is 9.42. The van der Waals surface area contributed by atoms with E-state index in [0.29, 0.717) is 41.4 Å². The molecule has 0 amide bonds. The van der Waals surface area contributed by atoms with Gasteiger partial charge >= 0.3 is 23.9 Å². The lowest BCUT2D eigenvalue weighted by molar-refractivity contribution is -0.302. The van der Waals surface area contributed by atoms with Crippen LogP contribution in [-0.4, -0.2) is 136 Å². The first-order valence-corrected chi connectivity index (χ1v) is 38.5. The van der Waals surface area contributed by atoms with E-state index in [1.807, 2.05) is 0 Å². The van der Waals surface area contributed by atoms with Crippen molar-refractivity contribution >= 4 is 23.9 Å². The third-order valence-electron chi connectivity index (χ3n) is 25.9. The number of carboxylic acids is 1. The molecule has 98 heavy (non-hydrogen) atoms. The Hall–Kier alpha value is -2.44. The van der Waals surface area contributed by atoms with E-state index in [1.165, 1.54) is 96.3 Å². The minimum atomic E-state index is -1.42. The number of aliphatic carboxylic acids is 1. The largest absolute Gasteiger partial charge is 0.481 e. The highest BCUT2D eigenvalue weighted by atomic mass is 16.7. The fraction of sp³-hybridized carbons (Fsp3) is 0.951. The van der Waals surface area contributed by atoms with Gasteiger partial charge in [0.2, 0.25) is 0 Å². The number of rotatable bonds is 19. The fourth-order valence-electron chi connectivity index (χ4n) is 25.2. The summed E-state index contributed by atoms with van der Waals surface area (Å²) in [6.07, 6.45) is 18.2. The standard InChI is InChI=1S/C71H134N6O2.C11H16O8/c1-55(2,43-70(48-29-57(5,6)72-58(7,8)30-48,49-31-59(9,10)73-60(11,12)32-49)50-33-61(13,14)74-62(15,16)34-50)47-41-69(42-47)45-78-54(79-46-69)56(3,4)44-71(51-35-63(17,18)75-64(19,20)36-51,52-37-65(21,22)76-66(23,24)38-52)53-39-67(25,26)77-68(27,28)40-53;1-17-8(12)4-6(10(14)15)7(11(16)19-3)5-9(13)18-2/h47-54,72-77H,29-46H2,1-28H3;6-7H,4-5H2,1-3H3,(H,14,15). The van der Waals surface area contributed by atoms with E-state index in [0.717, 1.165) is 41.0 Å². The van der Waals surface area contributed by atoms with Crippen molar-refractivity contribution in [1.82, 2.24) is 31.9 Å². The minimum Gasteiger partial charge on any atom is -0.481 e. The maximum Gasteiger partial charge on any atom is 0.310 e. The van der Waals surface area contributed by atoms with Crippen LogP contribution in [0.25, 0.3) is 0 Å². The first-order chi connectivity index (χ1) is 44.0. The fourth-order valence-corrected chi connectivity index (χ4v) is 25.2. The number of nitrogens with one attached hydrogen (secondary N) is 6. The zero-order chi connectivity index (χ0) is 74.5. The van der Waals surface area contributed by atoms with Gasteiger partial charge in [-0.1, -0.05) is 27.7 Å². The summed E-state index contributed by atoms with van der Waals surface area (Å²) in [5, 5.41) is 34.1. The first-order valence-electron chi connectivity index (χ1n) is 38.5. The smallest absolute Gasteiger partial charge is 0.310 e. The second-order valence-corrected chi connectivity index (χ2v) is 43.7. The van der Waals surface area contributed by atoms with Gasteiger partial charge in [0, 0.05) is 77.3 Å². The lowest BCUT2D eigenvalue weighted by Gasteiger charge is -2.67. The van der Waals surface area contributed by atoms with E-state index in [9.17, 15) is 19.2 Å². The average molecular weight is 1380 g/mol. The van der Waals surface area contributed by atoms with Crippen LogP contribution < -0.4 is 31.9 Å². The molecule has 0 aromatic heterocycles. The molecule has 0 aromatic rings. The van der Waals surface area contributed by atoms with Crippen molar-refractivity contribution in [2.45, 2.75) is 382 Å². The number of hydrogen-bond donors (Lipinski definition) is 7. The Morgan fingerprint density at radius 3 is 0.796 bits per heavy atom. The van der Waals surface area contributed by atoms with Crippen LogP contribution in [0.5, 0.6) is 0 Å². The van der Waals surface area contributed by atoms with Crippen molar-refractivity contribution in [3.8, 4) is 0 Å². The Labute approximate surface area is 598 Å². The molecule has 8 rings (SSSR count). The molecule has 7 saturated heterocycles. The van der Waals surface area contributed by atoms with Gasteiger partial charge in [0.1, 0.15) is 0 Å². The predicted molar refractivity (Wildman–Crippen MR) is 397 cm³/mol. The number of methoxy groups -OCH3 is 3. The van der Waals surface area contributed by atoms with Gasteiger partial charge < -0.3 is 60.7 Å². The Morgan fingerprint density at radius 2 is 0.582 bits per heavy atom. The SMILES string of the molecule is CC1(C)CC(C(CC(C)(C)C2CC3(COC(C(C)(C)CC(C4CC(C)(C)NC(C)(C)C4)(C4CC(C)(C)NC(C)(C)C4)C4CC(C)(C)NC(C)(C)C4)OC3)C2)(C2CC(C)(C)NC(C)(C)C2)C2CC(C)(C)NC(C)(C)C2)CC(C)(C)N1.COC(=O)CC(C(=O)O)C(CC(=O)OC)C(=O)OC. The van der Waals surface area contributed by atoms with Gasteiger partial charge in [-0.3, -0.25) is 19.2 Å². The first kappa shape index (κ1) is 82.8. The summed E-state index contributed by atoms with van der Waals surface area (Å²) in [5.41, 5.74) is 0.961. The zero-order valence-corrected chi connectivity index (χ0v) is 68.5. The normalized spacial score (nSPS) is 30.7. The van der Waals surface area contributed by atoms with Gasteiger partial charge in [-0.05, 0) is 327 Å². The number of carboxylic acid groups (broad SMARTS) is 1. The molecule has 1 saturated carbocycles. The molecule has 16 heteroatoms. The average Bonchev–Trinajstić information content (AvgIpc) is 0.719. The molecule has 7 N–H and O–H groups in total. The van der Waals surface area contributed by atoms with E-state index in [1.54, 1.807) is 0 Å². The molecule has 8 fully saturated rings. The summed E-state index contributed by atoms with van der Waals surface area (Å²) >= 11 is 0. The Bertz CT molecular complexity index is 2520. The molecule has 0 radical (unpaired) electrons. The number of ether oxygens (including phenoxy) is 5. The summed E-state index contributed by atoms with van der Waals surface area (Å²) in [5.74, 6) is -2.41. The highest BCUT2D eigenvalue weighted by Crippen LogP contribution is 2.69. The molecular formula is C82H150N6O10. The van der Waals surface area contributed by atoms with Gasteiger partial charge in [0.15, 0.2) is 6.29 Å². The van der Waals surface area contributed by atoms with Crippen LogP contribution in [0, 0.1) is 80.3 Å². The number of hydrogen-bond acceptors (Lipinski definition) is 15. The number of carbonyl (C=O) groups excluding carboxylic acids is 3. The van der Waals surface area contributed by atoms with Crippen molar-refractivity contribution in [3.63, 3.8) is 0 Å². The molecule has 16 nitrogen and oxygen atoms in total. The van der Waals surface area contributed by atoms with E-state index >= 15 is 0 Å². The summed E-state index contributed by atoms with van der Waals surface area (Å²) in [6, 6.07) is 0. The molecule has 568 valence electrons. The van der Waals surface area contributed by atoms with Crippen molar-refractivity contribution in [2.75, 3.05) is 34.5 Å². The Balaban J connectivity index is 0.000000618. The quantitative estimate of drug-likeness (QED) is 0.0474. The van der Waals surface area contributed by atoms with Crippen molar-refractivity contribution < 1.29 is 48.0 Å². The molecule has 0 aromatic carbocycles. The van der Waals surface area contributed by atoms with Crippen LogP contribution in [0.4, 0.5) is 0 Å². The van der Waals surface area contributed by atoms with Crippen LogP contribution in [0.2, 0.25) is 0 Å². The predicted octanol–water partition coefficient (Wildman–Crippen LogP) is 15.5. The Kier molecular flexibility index (Phi) is 23.5. The number of piperidine rings is 6. The van der Waals surface area contributed by atoms with Gasteiger partial charge in [-0.15, -0.1) is 0 Å². The van der Waals surface area contributed by atoms with Crippen molar-refractivity contribution in [3.05, 3.63) is 0 Å². The lowest BCUT2D eigenvalue weighted by Crippen LogP contribution is -2.69. The highest BCUT2D eigenvalue weighted by Gasteiger charge is 2.66. The second-order valence-electron chi connectivity index (χ2n) is 43.7. The summed E-state index contributed by atoms with van der Waals surface area (Å²) < 4.78 is 28.1. The molecule has 7 aliphatic heterocycles. The van der Waals surface area contributed by atoms with Gasteiger partial charge in [0.05, 0.1) is 59.2 Å². The molecule has 7 heterocycles. The van der Waals surface area contributed by atoms with Gasteiger partial charge in [-0.25, -0.2) is 0 Å². The maximum atomic E-state index is 11.5. The molecule has 8 aliphatic rings. The van der Waals surface area contributed by atoms with E-state index in [2.05, 4.69) is 240 Å². The van der Waals surface area contributed by atoms with E-state index < -0.39 is 48.6 Å². The molecule has 0 bridgehead atoms. The monoisotopic (exact) mass is 1380 g/mol. The van der Waals surface area contributed by atoms with Crippen molar-refractivity contribution in [2.24, 2.45) is 80.3 Å². The van der Waals surface area contributed by atoms with Crippen LogP contribution in [0.15, 0.2) is 0 Å². The zero-order valence-electron chi connectivity index (χ0n) is 68.5. The molecule has 2 unspecified atom stereocenters. The van der Waals surface area contributed by atoms with Crippen molar-refractivity contribution in [1.29, 1.82) is 0 Å².